The van der Waals surface area contributed by atoms with Crippen LogP contribution in [0, 0.1) is 5.92 Å². The van der Waals surface area contributed by atoms with Gasteiger partial charge in [0, 0.05) is 12.1 Å². The van der Waals surface area contributed by atoms with Crippen LogP contribution in [0.1, 0.15) is 40.0 Å². The molecule has 0 aromatic rings. The van der Waals surface area contributed by atoms with Gasteiger partial charge >= 0.3 is 0 Å². The summed E-state index contributed by atoms with van der Waals surface area (Å²) in [7, 11) is 0. The van der Waals surface area contributed by atoms with Crippen LogP contribution in [0.2, 0.25) is 0 Å². The smallest absolute Gasteiger partial charge is 0.0215 e. The first-order chi connectivity index (χ1) is 5.09. The first-order valence-corrected chi connectivity index (χ1v) is 4.60. The Kier molecular flexibility index (Phi) is 5.51. The topological polar surface area (TPSA) is 52.0 Å². The molecule has 2 heteroatoms. The van der Waals surface area contributed by atoms with Gasteiger partial charge in [-0.05, 0) is 19.3 Å². The van der Waals surface area contributed by atoms with Crippen LogP contribution in [0.3, 0.4) is 0 Å². The minimum Gasteiger partial charge on any atom is -0.327 e. The maximum absolute atomic E-state index is 5.88. The van der Waals surface area contributed by atoms with E-state index in [4.69, 9.17) is 11.5 Å². The van der Waals surface area contributed by atoms with E-state index in [1.54, 1.807) is 0 Å². The quantitative estimate of drug-likeness (QED) is 0.637. The average molecular weight is 158 g/mol. The number of unbranched alkanes of at least 4 members (excludes halogenated alkanes) is 1. The number of rotatable bonds is 5. The monoisotopic (exact) mass is 158 g/mol. The summed E-state index contributed by atoms with van der Waals surface area (Å²) in [5.41, 5.74) is 11.6. The Balaban J connectivity index is 3.55. The summed E-state index contributed by atoms with van der Waals surface area (Å²) in [5, 5.41) is 0. The third-order valence-corrected chi connectivity index (χ3v) is 2.28. The van der Waals surface area contributed by atoms with Crippen molar-refractivity contribution < 1.29 is 0 Å². The largest absolute Gasteiger partial charge is 0.327 e. The van der Waals surface area contributed by atoms with Gasteiger partial charge in [0.1, 0.15) is 0 Å². The van der Waals surface area contributed by atoms with E-state index in [2.05, 4.69) is 13.8 Å². The van der Waals surface area contributed by atoms with Crippen molar-refractivity contribution in [1.82, 2.24) is 0 Å². The highest BCUT2D eigenvalue weighted by Gasteiger charge is 2.15. The molecule has 0 aliphatic heterocycles. The van der Waals surface area contributed by atoms with Gasteiger partial charge in [0.15, 0.2) is 0 Å². The third-order valence-electron chi connectivity index (χ3n) is 2.28. The van der Waals surface area contributed by atoms with Gasteiger partial charge < -0.3 is 11.5 Å². The number of nitrogens with two attached hydrogens (primary N) is 2. The molecule has 68 valence electrons. The molecule has 3 unspecified atom stereocenters. The van der Waals surface area contributed by atoms with Gasteiger partial charge in [-0.1, -0.05) is 26.7 Å². The molecule has 3 atom stereocenters. The number of hydrogen-bond donors (Lipinski definition) is 2. The van der Waals surface area contributed by atoms with E-state index in [1.807, 2.05) is 6.92 Å². The molecule has 0 aromatic heterocycles. The molecule has 0 saturated heterocycles. The maximum atomic E-state index is 5.88. The lowest BCUT2D eigenvalue weighted by molar-refractivity contribution is 0.374. The molecule has 4 N–H and O–H groups in total. The Morgan fingerprint density at radius 3 is 2.09 bits per heavy atom. The van der Waals surface area contributed by atoms with Crippen LogP contribution in [0.4, 0.5) is 0 Å². The van der Waals surface area contributed by atoms with Gasteiger partial charge in [0.2, 0.25) is 0 Å². The van der Waals surface area contributed by atoms with E-state index < -0.39 is 0 Å². The zero-order valence-corrected chi connectivity index (χ0v) is 8.01. The molecule has 0 aromatic carbocycles. The Labute approximate surface area is 70.3 Å². The predicted octanol–water partition coefficient (Wildman–Crippen LogP) is 1.49. The minimum absolute atomic E-state index is 0.127. The van der Waals surface area contributed by atoms with Crippen molar-refractivity contribution in [1.29, 1.82) is 0 Å². The molecule has 2 nitrogen and oxygen atoms in total. The zero-order valence-electron chi connectivity index (χ0n) is 8.01. The molecule has 0 amide bonds. The Hall–Kier alpha value is -0.0800. The zero-order chi connectivity index (χ0) is 8.85. The Bertz CT molecular complexity index is 91.6. The van der Waals surface area contributed by atoms with Crippen molar-refractivity contribution in [2.45, 2.75) is 52.1 Å². The van der Waals surface area contributed by atoms with E-state index in [0.717, 1.165) is 0 Å². The lowest BCUT2D eigenvalue weighted by atomic mass is 9.92. The van der Waals surface area contributed by atoms with Crippen LogP contribution >= 0.6 is 0 Å². The molecular formula is C9H22N2. The second-order valence-corrected chi connectivity index (χ2v) is 3.56. The average Bonchev–Trinajstić information content (AvgIpc) is 1.98. The van der Waals surface area contributed by atoms with Crippen LogP contribution < -0.4 is 11.5 Å². The molecule has 0 radical (unpaired) electrons. The summed E-state index contributed by atoms with van der Waals surface area (Å²) in [4.78, 5) is 0. The Morgan fingerprint density at radius 2 is 1.73 bits per heavy atom. The maximum Gasteiger partial charge on any atom is 0.0215 e. The Morgan fingerprint density at radius 1 is 1.18 bits per heavy atom. The highest BCUT2D eigenvalue weighted by molar-refractivity contribution is 4.76. The fraction of sp³-hybridized carbons (Fsp3) is 1.00. The first-order valence-electron chi connectivity index (χ1n) is 4.60. The van der Waals surface area contributed by atoms with Crippen molar-refractivity contribution in [3.8, 4) is 0 Å². The molecule has 0 spiro atoms. The molecule has 0 fully saturated rings. The molecule has 11 heavy (non-hydrogen) atoms. The van der Waals surface area contributed by atoms with Crippen molar-refractivity contribution in [2.75, 3.05) is 0 Å². The normalized spacial score (nSPS) is 19.4. The first kappa shape index (κ1) is 10.9. The summed E-state index contributed by atoms with van der Waals surface area (Å²) in [6.45, 7) is 6.36. The summed E-state index contributed by atoms with van der Waals surface area (Å²) in [6, 6.07) is 0.295. The minimum atomic E-state index is 0.127. The molecule has 0 bridgehead atoms. The molecule has 0 heterocycles. The van der Waals surface area contributed by atoms with Crippen LogP contribution in [0.25, 0.3) is 0 Å². The SMILES string of the molecule is CCCCC(C)C(N)C(C)N. The summed E-state index contributed by atoms with van der Waals surface area (Å²) < 4.78 is 0. The van der Waals surface area contributed by atoms with Gasteiger partial charge in [0.05, 0.1) is 0 Å². The van der Waals surface area contributed by atoms with E-state index in [9.17, 15) is 0 Å². The van der Waals surface area contributed by atoms with Crippen LogP contribution in [0.15, 0.2) is 0 Å². The molecule has 0 rings (SSSR count). The number of hydrogen-bond acceptors (Lipinski definition) is 2. The van der Waals surface area contributed by atoms with Crippen LogP contribution in [-0.4, -0.2) is 12.1 Å². The lowest BCUT2D eigenvalue weighted by Gasteiger charge is -2.22. The highest BCUT2D eigenvalue weighted by atomic mass is 14.8. The fourth-order valence-electron chi connectivity index (χ4n) is 1.24. The summed E-state index contributed by atoms with van der Waals surface area (Å²) in [5.74, 6) is 0.565. The van der Waals surface area contributed by atoms with E-state index in [1.165, 1.54) is 19.3 Å². The van der Waals surface area contributed by atoms with Crippen molar-refractivity contribution in [3.63, 3.8) is 0 Å². The van der Waals surface area contributed by atoms with Gasteiger partial charge in [-0.15, -0.1) is 0 Å². The van der Waals surface area contributed by atoms with Crippen LogP contribution in [-0.2, 0) is 0 Å². The van der Waals surface area contributed by atoms with Gasteiger partial charge in [-0.3, -0.25) is 0 Å². The fourth-order valence-corrected chi connectivity index (χ4v) is 1.24. The lowest BCUT2D eigenvalue weighted by Crippen LogP contribution is -2.43. The standard InChI is InChI=1S/C9H22N2/c1-4-5-6-7(2)9(11)8(3)10/h7-9H,4-6,10-11H2,1-3H3. The second-order valence-electron chi connectivity index (χ2n) is 3.56. The second kappa shape index (κ2) is 5.56. The van der Waals surface area contributed by atoms with Crippen molar-refractivity contribution >= 4 is 0 Å². The highest BCUT2D eigenvalue weighted by Crippen LogP contribution is 2.12. The molecular weight excluding hydrogens is 136 g/mol. The van der Waals surface area contributed by atoms with Gasteiger partial charge in [-0.2, -0.15) is 0 Å². The third kappa shape index (κ3) is 4.38. The molecule has 0 aliphatic carbocycles. The van der Waals surface area contributed by atoms with Crippen LogP contribution in [0.5, 0.6) is 0 Å². The van der Waals surface area contributed by atoms with Gasteiger partial charge in [-0.25, -0.2) is 0 Å². The van der Waals surface area contributed by atoms with E-state index in [0.29, 0.717) is 5.92 Å². The summed E-state index contributed by atoms with van der Waals surface area (Å²) in [6.07, 6.45) is 3.72. The van der Waals surface area contributed by atoms with E-state index >= 15 is 0 Å². The molecule has 0 saturated carbocycles. The van der Waals surface area contributed by atoms with Crippen molar-refractivity contribution in [2.24, 2.45) is 17.4 Å². The summed E-state index contributed by atoms with van der Waals surface area (Å²) >= 11 is 0. The predicted molar refractivity (Wildman–Crippen MR) is 50.3 cm³/mol. The molecule has 0 aliphatic rings. The van der Waals surface area contributed by atoms with E-state index in [-0.39, 0.29) is 12.1 Å². The van der Waals surface area contributed by atoms with Crippen molar-refractivity contribution in [3.05, 3.63) is 0 Å². The van der Waals surface area contributed by atoms with Gasteiger partial charge in [0.25, 0.3) is 0 Å².